The Balaban J connectivity index is 1.06. The van der Waals surface area contributed by atoms with E-state index in [4.69, 9.17) is 15.0 Å². The molecule has 8 aromatic carbocycles. The molecule has 0 saturated heterocycles. The Morgan fingerprint density at radius 3 is 1.53 bits per heavy atom. The lowest BCUT2D eigenvalue weighted by atomic mass is 9.95. The third-order valence-electron chi connectivity index (χ3n) is 11.0. The summed E-state index contributed by atoms with van der Waals surface area (Å²) in [7, 11) is 0. The van der Waals surface area contributed by atoms with Gasteiger partial charge in [-0.3, -0.25) is 0 Å². The largest absolute Gasteiger partial charge is 0.309 e. The molecule has 0 fully saturated rings. The number of rotatable bonds is 6. The van der Waals surface area contributed by atoms with Gasteiger partial charge in [0, 0.05) is 54.9 Å². The van der Waals surface area contributed by atoms with Crippen LogP contribution in [0, 0.1) is 0 Å². The van der Waals surface area contributed by atoms with Gasteiger partial charge in [-0.15, -0.1) is 0 Å². The maximum atomic E-state index is 5.33. The first-order valence-electron chi connectivity index (χ1n) is 19.3. The predicted octanol–water partition coefficient (Wildman–Crippen LogP) is 13.6. The van der Waals surface area contributed by atoms with Crippen LogP contribution in [0.4, 0.5) is 0 Å². The number of benzene rings is 8. The van der Waals surface area contributed by atoms with Crippen molar-refractivity contribution in [1.82, 2.24) is 19.5 Å². The highest BCUT2D eigenvalue weighted by Gasteiger charge is 2.20. The van der Waals surface area contributed by atoms with Crippen LogP contribution in [0.5, 0.6) is 0 Å². The van der Waals surface area contributed by atoms with Crippen LogP contribution >= 0.6 is 0 Å². The van der Waals surface area contributed by atoms with Gasteiger partial charge in [-0.2, -0.15) is 0 Å². The van der Waals surface area contributed by atoms with E-state index >= 15 is 0 Å². The maximum absolute atomic E-state index is 5.33. The summed E-state index contributed by atoms with van der Waals surface area (Å²) in [5.74, 6) is 0.695. The van der Waals surface area contributed by atoms with Crippen LogP contribution in [0.2, 0.25) is 0 Å². The highest BCUT2D eigenvalue weighted by atomic mass is 15.0. The monoisotopic (exact) mass is 726 g/mol. The molecule has 11 rings (SSSR count). The van der Waals surface area contributed by atoms with Crippen molar-refractivity contribution in [1.29, 1.82) is 0 Å². The quantitative estimate of drug-likeness (QED) is 0.160. The molecule has 0 atom stereocenters. The minimum absolute atomic E-state index is 0.695. The fourth-order valence-electron chi connectivity index (χ4n) is 8.30. The molecule has 0 saturated carbocycles. The molecule has 0 N–H and O–H groups in total. The molecule has 3 heterocycles. The van der Waals surface area contributed by atoms with E-state index < -0.39 is 0 Å². The second-order valence-corrected chi connectivity index (χ2v) is 14.4. The van der Waals surface area contributed by atoms with Crippen molar-refractivity contribution in [2.24, 2.45) is 0 Å². The zero-order valence-corrected chi connectivity index (χ0v) is 30.9. The summed E-state index contributed by atoms with van der Waals surface area (Å²) in [5.41, 5.74) is 13.6. The Morgan fingerprint density at radius 2 is 0.842 bits per heavy atom. The van der Waals surface area contributed by atoms with E-state index in [2.05, 4.69) is 187 Å². The number of fused-ring (bicyclic) bond motifs is 7. The summed E-state index contributed by atoms with van der Waals surface area (Å²) >= 11 is 0. The lowest BCUT2D eigenvalue weighted by molar-refractivity contribution is 1.18. The van der Waals surface area contributed by atoms with Gasteiger partial charge in [0.2, 0.25) is 0 Å². The minimum atomic E-state index is 0.695. The predicted molar refractivity (Wildman–Crippen MR) is 236 cm³/mol. The molecule has 57 heavy (non-hydrogen) atoms. The van der Waals surface area contributed by atoms with Crippen LogP contribution < -0.4 is 0 Å². The maximum Gasteiger partial charge on any atom is 0.160 e. The number of nitrogens with zero attached hydrogens (tertiary/aromatic N) is 4. The average Bonchev–Trinajstić information content (AvgIpc) is 3.64. The van der Waals surface area contributed by atoms with E-state index in [0.717, 1.165) is 61.3 Å². The summed E-state index contributed by atoms with van der Waals surface area (Å²) < 4.78 is 2.38. The average molecular weight is 727 g/mol. The van der Waals surface area contributed by atoms with Gasteiger partial charge >= 0.3 is 0 Å². The SMILES string of the molecule is c1ccc(-c2ccc(-c3cc(-c4ccc(-c5nc6ccccc6c6c5ccc5c6c6ccccc6n5-c5ccccc5)cc4)nc(-c4ccccc4)n3)cc2)cc1. The van der Waals surface area contributed by atoms with E-state index in [1.54, 1.807) is 0 Å². The van der Waals surface area contributed by atoms with E-state index in [0.29, 0.717) is 5.82 Å². The first kappa shape index (κ1) is 32.7. The zero-order chi connectivity index (χ0) is 37.7. The molecule has 0 amide bonds. The van der Waals surface area contributed by atoms with Crippen LogP contribution in [0.3, 0.4) is 0 Å². The lowest BCUT2D eigenvalue weighted by Crippen LogP contribution is -1.96. The number of para-hydroxylation sites is 3. The molecule has 0 aliphatic rings. The molecule has 0 unspecified atom stereocenters. The number of hydrogen-bond acceptors (Lipinski definition) is 3. The number of hydrogen-bond donors (Lipinski definition) is 0. The van der Waals surface area contributed by atoms with Gasteiger partial charge < -0.3 is 4.57 Å². The summed E-state index contributed by atoms with van der Waals surface area (Å²) in [4.78, 5) is 15.5. The van der Waals surface area contributed by atoms with Crippen LogP contribution in [0.15, 0.2) is 206 Å². The van der Waals surface area contributed by atoms with Crippen LogP contribution in [0.25, 0.3) is 105 Å². The smallest absolute Gasteiger partial charge is 0.160 e. The topological polar surface area (TPSA) is 43.6 Å². The molecule has 266 valence electrons. The standard InChI is InChI=1S/C53H34N4/c1-4-14-35(15-5-1)36-24-26-37(27-25-36)46-34-47(56-53(55-46)40-16-6-2-7-17-40)38-28-30-39(31-29-38)52-44-32-33-49-51(50(44)42-20-10-12-22-45(42)54-52)43-21-11-13-23-48(43)57(49)41-18-8-3-9-19-41/h1-34H. The summed E-state index contributed by atoms with van der Waals surface area (Å²) in [6.07, 6.45) is 0. The van der Waals surface area contributed by atoms with Crippen molar-refractivity contribution in [3.05, 3.63) is 206 Å². The molecule has 0 aliphatic heterocycles. The third kappa shape index (κ3) is 5.66. The molecule has 0 aliphatic carbocycles. The molecule has 0 spiro atoms. The van der Waals surface area contributed by atoms with Crippen molar-refractivity contribution in [2.75, 3.05) is 0 Å². The van der Waals surface area contributed by atoms with Crippen LogP contribution in [-0.2, 0) is 0 Å². The van der Waals surface area contributed by atoms with Gasteiger partial charge in [-0.1, -0.05) is 170 Å². The fourth-order valence-corrected chi connectivity index (χ4v) is 8.30. The number of aromatic nitrogens is 4. The molecule has 11 aromatic rings. The van der Waals surface area contributed by atoms with E-state index in [9.17, 15) is 0 Å². The summed E-state index contributed by atoms with van der Waals surface area (Å²) in [5, 5.41) is 5.95. The van der Waals surface area contributed by atoms with Crippen molar-refractivity contribution in [2.45, 2.75) is 0 Å². The molecule has 4 nitrogen and oxygen atoms in total. The lowest BCUT2D eigenvalue weighted by Gasteiger charge is -2.13. The Morgan fingerprint density at radius 1 is 0.316 bits per heavy atom. The van der Waals surface area contributed by atoms with Crippen molar-refractivity contribution in [3.63, 3.8) is 0 Å². The molecule has 0 bridgehead atoms. The van der Waals surface area contributed by atoms with Gasteiger partial charge in [0.15, 0.2) is 5.82 Å². The van der Waals surface area contributed by atoms with E-state index in [1.807, 2.05) is 24.3 Å². The van der Waals surface area contributed by atoms with Crippen molar-refractivity contribution >= 4 is 43.5 Å². The highest BCUT2D eigenvalue weighted by molar-refractivity contribution is 6.29. The van der Waals surface area contributed by atoms with Crippen molar-refractivity contribution < 1.29 is 0 Å². The van der Waals surface area contributed by atoms with Crippen molar-refractivity contribution in [3.8, 4) is 62.0 Å². The second-order valence-electron chi connectivity index (χ2n) is 14.4. The Labute approximate surface area is 330 Å². The Hall–Kier alpha value is -7.69. The van der Waals surface area contributed by atoms with Crippen LogP contribution in [-0.4, -0.2) is 19.5 Å². The molecule has 0 radical (unpaired) electrons. The minimum Gasteiger partial charge on any atom is -0.309 e. The molecular formula is C53H34N4. The third-order valence-corrected chi connectivity index (χ3v) is 11.0. The Kier molecular flexibility index (Phi) is 7.78. The van der Waals surface area contributed by atoms with E-state index in [-0.39, 0.29) is 0 Å². The van der Waals surface area contributed by atoms with Gasteiger partial charge in [-0.25, -0.2) is 15.0 Å². The van der Waals surface area contributed by atoms with E-state index in [1.165, 1.54) is 38.3 Å². The number of pyridine rings is 1. The van der Waals surface area contributed by atoms with Crippen LogP contribution in [0.1, 0.15) is 0 Å². The summed E-state index contributed by atoms with van der Waals surface area (Å²) in [6, 6.07) is 72.5. The highest BCUT2D eigenvalue weighted by Crippen LogP contribution is 2.42. The fraction of sp³-hybridized carbons (Fsp3) is 0. The van der Waals surface area contributed by atoms with Gasteiger partial charge in [0.1, 0.15) is 0 Å². The van der Waals surface area contributed by atoms with Gasteiger partial charge in [0.25, 0.3) is 0 Å². The van der Waals surface area contributed by atoms with Gasteiger partial charge in [-0.05, 0) is 47.5 Å². The normalized spacial score (nSPS) is 11.5. The molecule has 3 aromatic heterocycles. The zero-order valence-electron chi connectivity index (χ0n) is 30.9. The first-order valence-corrected chi connectivity index (χ1v) is 19.3. The molecular weight excluding hydrogens is 693 g/mol. The Bertz CT molecular complexity index is 3240. The molecule has 4 heteroatoms. The summed E-state index contributed by atoms with van der Waals surface area (Å²) in [6.45, 7) is 0. The van der Waals surface area contributed by atoms with Gasteiger partial charge in [0.05, 0.1) is 33.6 Å². The first-order chi connectivity index (χ1) is 28.3. The second kappa shape index (κ2) is 13.6.